The van der Waals surface area contributed by atoms with E-state index in [1.54, 1.807) is 35.1 Å². The first kappa shape index (κ1) is 18.1. The zero-order valence-electron chi connectivity index (χ0n) is 14.4. The van der Waals surface area contributed by atoms with E-state index in [1.165, 1.54) is 11.3 Å². The first-order chi connectivity index (χ1) is 13.2. The summed E-state index contributed by atoms with van der Waals surface area (Å²) in [5.74, 6) is 0.559. The Hall–Kier alpha value is -2.28. The lowest BCUT2D eigenvalue weighted by atomic mass is 10.2. The Balaban J connectivity index is 1.75. The van der Waals surface area contributed by atoms with Gasteiger partial charge in [0.25, 0.3) is 5.91 Å². The van der Waals surface area contributed by atoms with E-state index in [-0.39, 0.29) is 5.91 Å². The molecule has 0 aliphatic heterocycles. The number of benzene rings is 2. The maximum absolute atomic E-state index is 13.2. The van der Waals surface area contributed by atoms with E-state index in [0.717, 1.165) is 9.60 Å². The molecule has 7 heteroatoms. The second kappa shape index (κ2) is 7.76. The quantitative estimate of drug-likeness (QED) is 0.369. The molecule has 0 spiro atoms. The Labute approximate surface area is 169 Å². The summed E-state index contributed by atoms with van der Waals surface area (Å²) in [6, 6.07) is 16.8. The van der Waals surface area contributed by atoms with Crippen molar-refractivity contribution < 1.29 is 9.21 Å². The third kappa shape index (κ3) is 3.74. The molecular weight excluding hydrogens is 400 g/mol. The average molecular weight is 415 g/mol. The van der Waals surface area contributed by atoms with Crippen LogP contribution >= 0.6 is 34.7 Å². The topological polar surface area (TPSA) is 46.3 Å². The maximum Gasteiger partial charge on any atom is 0.260 e. The van der Waals surface area contributed by atoms with Gasteiger partial charge < -0.3 is 4.42 Å². The summed E-state index contributed by atoms with van der Waals surface area (Å²) < 4.78 is 6.40. The molecule has 0 radical (unpaired) electrons. The summed E-state index contributed by atoms with van der Waals surface area (Å²) >= 11 is 9.34. The first-order valence-electron chi connectivity index (χ1n) is 8.19. The Morgan fingerprint density at radius 2 is 2.00 bits per heavy atom. The minimum atomic E-state index is -0.130. The summed E-state index contributed by atoms with van der Waals surface area (Å²) in [5, 5.41) is 1.16. The lowest BCUT2D eigenvalue weighted by Gasteiger charge is -2.19. The van der Waals surface area contributed by atoms with E-state index < -0.39 is 0 Å². The van der Waals surface area contributed by atoms with Gasteiger partial charge in [-0.1, -0.05) is 29.0 Å². The van der Waals surface area contributed by atoms with E-state index in [0.29, 0.717) is 33.5 Å². The molecule has 136 valence electrons. The summed E-state index contributed by atoms with van der Waals surface area (Å²) in [6.07, 6.45) is 3.60. The molecule has 0 aliphatic rings. The van der Waals surface area contributed by atoms with Crippen molar-refractivity contribution in [1.82, 2.24) is 4.98 Å². The van der Waals surface area contributed by atoms with Gasteiger partial charge in [0.15, 0.2) is 5.13 Å². The Morgan fingerprint density at radius 3 is 2.67 bits per heavy atom. The van der Waals surface area contributed by atoms with Crippen molar-refractivity contribution in [3.05, 3.63) is 77.2 Å². The fraction of sp³-hybridized carbons (Fsp3) is 0.100. The number of aromatic nitrogens is 1. The van der Waals surface area contributed by atoms with Gasteiger partial charge in [0.2, 0.25) is 0 Å². The molecule has 0 saturated heterocycles. The van der Waals surface area contributed by atoms with Gasteiger partial charge in [-0.2, -0.15) is 0 Å². The number of furan rings is 1. The molecule has 0 N–H and O–H groups in total. The van der Waals surface area contributed by atoms with Gasteiger partial charge in [0.05, 0.1) is 22.5 Å². The molecule has 0 bridgehead atoms. The van der Waals surface area contributed by atoms with Crippen LogP contribution in [0.15, 0.2) is 70.2 Å². The Kier molecular flexibility index (Phi) is 5.20. The number of halogens is 1. The minimum absolute atomic E-state index is 0.130. The molecular formula is C20H15ClN2O2S2. The molecule has 0 unspecified atom stereocenters. The number of anilines is 1. The zero-order valence-corrected chi connectivity index (χ0v) is 16.8. The Morgan fingerprint density at radius 1 is 1.19 bits per heavy atom. The highest BCUT2D eigenvalue weighted by Crippen LogP contribution is 2.34. The van der Waals surface area contributed by atoms with Crippen LogP contribution in [-0.2, 0) is 6.54 Å². The molecule has 4 aromatic rings. The van der Waals surface area contributed by atoms with Crippen LogP contribution < -0.4 is 4.90 Å². The largest absolute Gasteiger partial charge is 0.467 e. The normalized spacial score (nSPS) is 11.0. The van der Waals surface area contributed by atoms with Crippen molar-refractivity contribution in [2.24, 2.45) is 0 Å². The number of fused-ring (bicyclic) bond motifs is 1. The van der Waals surface area contributed by atoms with Gasteiger partial charge in [-0.25, -0.2) is 4.98 Å². The molecule has 0 atom stereocenters. The number of rotatable bonds is 5. The molecule has 0 fully saturated rings. The van der Waals surface area contributed by atoms with E-state index in [9.17, 15) is 4.79 Å². The Bertz CT molecular complexity index is 1080. The number of thioether (sulfide) groups is 1. The molecule has 2 aromatic carbocycles. The maximum atomic E-state index is 13.2. The van der Waals surface area contributed by atoms with Crippen molar-refractivity contribution in [2.45, 2.75) is 11.4 Å². The van der Waals surface area contributed by atoms with Crippen LogP contribution in [0.25, 0.3) is 10.2 Å². The summed E-state index contributed by atoms with van der Waals surface area (Å²) in [5.41, 5.74) is 1.30. The van der Waals surface area contributed by atoms with Crippen LogP contribution in [0.1, 0.15) is 16.1 Å². The van der Waals surface area contributed by atoms with Crippen molar-refractivity contribution in [3.63, 3.8) is 0 Å². The zero-order chi connectivity index (χ0) is 18.8. The van der Waals surface area contributed by atoms with Crippen molar-refractivity contribution in [3.8, 4) is 0 Å². The van der Waals surface area contributed by atoms with Gasteiger partial charge in [0, 0.05) is 10.5 Å². The first-order valence-corrected chi connectivity index (χ1v) is 10.6. The van der Waals surface area contributed by atoms with Crippen LogP contribution in [0.2, 0.25) is 5.02 Å². The fourth-order valence-electron chi connectivity index (χ4n) is 2.69. The predicted molar refractivity (Wildman–Crippen MR) is 112 cm³/mol. The second-order valence-electron chi connectivity index (χ2n) is 5.78. The smallest absolute Gasteiger partial charge is 0.260 e. The summed E-state index contributed by atoms with van der Waals surface area (Å²) in [7, 11) is 0. The van der Waals surface area contributed by atoms with E-state index in [1.807, 2.05) is 48.7 Å². The molecule has 4 nitrogen and oxygen atoms in total. The van der Waals surface area contributed by atoms with Crippen LogP contribution in [0.5, 0.6) is 0 Å². The number of amides is 1. The van der Waals surface area contributed by atoms with E-state index >= 15 is 0 Å². The number of carbonyl (C=O) groups is 1. The molecule has 4 rings (SSSR count). The number of hydrogen-bond donors (Lipinski definition) is 0. The van der Waals surface area contributed by atoms with Crippen molar-refractivity contribution in [1.29, 1.82) is 0 Å². The lowest BCUT2D eigenvalue weighted by Crippen LogP contribution is -2.30. The van der Waals surface area contributed by atoms with Gasteiger partial charge in [-0.3, -0.25) is 9.69 Å². The number of hydrogen-bond acceptors (Lipinski definition) is 5. The monoisotopic (exact) mass is 414 g/mol. The number of carbonyl (C=O) groups excluding carboxylic acids is 1. The molecule has 27 heavy (non-hydrogen) atoms. The number of para-hydroxylation sites is 1. The van der Waals surface area contributed by atoms with Gasteiger partial charge in [-0.05, 0) is 54.8 Å². The molecule has 0 aliphatic carbocycles. The highest BCUT2D eigenvalue weighted by Gasteiger charge is 2.23. The van der Waals surface area contributed by atoms with Gasteiger partial charge in [-0.15, -0.1) is 11.8 Å². The third-order valence-electron chi connectivity index (χ3n) is 4.07. The predicted octanol–water partition coefficient (Wildman–Crippen LogP) is 6.11. The molecule has 1 amide bonds. The molecule has 2 heterocycles. The van der Waals surface area contributed by atoms with Crippen LogP contribution in [-0.4, -0.2) is 17.1 Å². The SMILES string of the molecule is CSc1ccc(C(=O)N(Cc2ccco2)c2nc3c(Cl)cccc3s2)cc1. The minimum Gasteiger partial charge on any atom is -0.467 e. The van der Waals surface area contributed by atoms with Crippen LogP contribution in [0.3, 0.4) is 0 Å². The van der Waals surface area contributed by atoms with Crippen molar-refractivity contribution >= 4 is 56.0 Å². The number of thiazole rings is 1. The fourth-order valence-corrected chi connectivity index (χ4v) is 4.36. The summed E-state index contributed by atoms with van der Waals surface area (Å²) in [4.78, 5) is 20.6. The third-order valence-corrected chi connectivity index (χ3v) is 6.16. The number of nitrogens with zero attached hydrogens (tertiary/aromatic N) is 2. The van der Waals surface area contributed by atoms with Crippen LogP contribution in [0.4, 0.5) is 5.13 Å². The lowest BCUT2D eigenvalue weighted by molar-refractivity contribution is 0.0983. The van der Waals surface area contributed by atoms with Gasteiger partial charge >= 0.3 is 0 Å². The van der Waals surface area contributed by atoms with E-state index in [4.69, 9.17) is 16.0 Å². The summed E-state index contributed by atoms with van der Waals surface area (Å²) in [6.45, 7) is 0.299. The van der Waals surface area contributed by atoms with Crippen LogP contribution in [0, 0.1) is 0 Å². The standard InChI is InChI=1S/C20H15ClN2O2S2/c1-26-15-9-7-13(8-10-15)19(24)23(12-14-4-3-11-25-14)20-22-18-16(21)5-2-6-17(18)27-20/h2-11H,12H2,1H3. The highest BCUT2D eigenvalue weighted by atomic mass is 35.5. The highest BCUT2D eigenvalue weighted by molar-refractivity contribution is 7.98. The van der Waals surface area contributed by atoms with Gasteiger partial charge in [0.1, 0.15) is 11.3 Å². The molecule has 2 aromatic heterocycles. The van der Waals surface area contributed by atoms with E-state index in [2.05, 4.69) is 4.98 Å². The molecule has 0 saturated carbocycles. The average Bonchev–Trinajstić information content (AvgIpc) is 3.36. The van der Waals surface area contributed by atoms with Crippen molar-refractivity contribution in [2.75, 3.05) is 11.2 Å². The second-order valence-corrected chi connectivity index (χ2v) is 8.08.